The monoisotopic (exact) mass is 257 g/mol. The van der Waals surface area contributed by atoms with Crippen LogP contribution < -0.4 is 0 Å². The van der Waals surface area contributed by atoms with Crippen LogP contribution in [-0.4, -0.2) is 0 Å². The Morgan fingerprint density at radius 3 is 2.69 bits per heavy atom. The molecule has 16 heavy (non-hydrogen) atoms. The highest BCUT2D eigenvalue weighted by Gasteiger charge is 2.08. The molecule has 1 rings (SSSR count). The Labute approximate surface area is 104 Å². The van der Waals surface area contributed by atoms with E-state index in [1.54, 1.807) is 0 Å². The summed E-state index contributed by atoms with van der Waals surface area (Å²) < 4.78 is 12.9. The van der Waals surface area contributed by atoms with Gasteiger partial charge in [-0.15, -0.1) is 0 Å². The Morgan fingerprint density at radius 1 is 1.50 bits per heavy atom. The van der Waals surface area contributed by atoms with Crippen molar-refractivity contribution < 1.29 is 4.39 Å². The molecule has 0 aliphatic rings. The second-order valence-electron chi connectivity index (χ2n) is 3.28. The quantitative estimate of drug-likeness (QED) is 0.717. The summed E-state index contributed by atoms with van der Waals surface area (Å²) in [7, 11) is 0. The summed E-state index contributed by atoms with van der Waals surface area (Å²) in [6.45, 7) is 1.96. The predicted molar refractivity (Wildman–Crippen MR) is 64.7 cm³/mol. The molecule has 0 radical (unpaired) electrons. The van der Waals surface area contributed by atoms with Crippen LogP contribution in [0.1, 0.15) is 25.3 Å². The molecule has 4 heteroatoms. The molecule has 0 fully saturated rings. The summed E-state index contributed by atoms with van der Waals surface area (Å²) in [6, 6.07) is 6.22. The fourth-order valence-corrected chi connectivity index (χ4v) is 1.71. The summed E-state index contributed by atoms with van der Waals surface area (Å²) in [5.74, 6) is -0.496. The van der Waals surface area contributed by atoms with Gasteiger partial charge < -0.3 is 0 Å². The lowest BCUT2D eigenvalue weighted by Gasteiger charge is -2.04. The zero-order chi connectivity index (χ0) is 12.1. The van der Waals surface area contributed by atoms with E-state index in [9.17, 15) is 4.39 Å². The van der Waals surface area contributed by atoms with Gasteiger partial charge in [0.2, 0.25) is 0 Å². The van der Waals surface area contributed by atoms with E-state index in [2.05, 4.69) is 0 Å². The lowest BCUT2D eigenvalue weighted by molar-refractivity contribution is 0.628. The third-order valence-corrected chi connectivity index (χ3v) is 2.81. The van der Waals surface area contributed by atoms with E-state index < -0.39 is 5.82 Å². The van der Waals surface area contributed by atoms with E-state index in [1.165, 1.54) is 18.2 Å². The second kappa shape index (κ2) is 5.89. The summed E-state index contributed by atoms with van der Waals surface area (Å²) in [5.41, 5.74) is 1.06. The smallest absolute Gasteiger partial charge is 0.141 e. The van der Waals surface area contributed by atoms with Crippen molar-refractivity contribution in [1.29, 1.82) is 5.26 Å². The van der Waals surface area contributed by atoms with Gasteiger partial charge in [0, 0.05) is 5.57 Å². The molecule has 1 nitrogen and oxygen atoms in total. The molecule has 0 aliphatic carbocycles. The van der Waals surface area contributed by atoms with Crippen LogP contribution in [0.25, 0.3) is 5.03 Å². The van der Waals surface area contributed by atoms with Gasteiger partial charge in [-0.1, -0.05) is 42.6 Å². The van der Waals surface area contributed by atoms with Crippen molar-refractivity contribution in [1.82, 2.24) is 0 Å². The van der Waals surface area contributed by atoms with Crippen molar-refractivity contribution in [2.24, 2.45) is 0 Å². The van der Waals surface area contributed by atoms with Crippen molar-refractivity contribution in [3.63, 3.8) is 0 Å². The van der Waals surface area contributed by atoms with Gasteiger partial charge in [0.25, 0.3) is 0 Å². The van der Waals surface area contributed by atoms with Crippen molar-refractivity contribution in [2.45, 2.75) is 19.8 Å². The molecule has 0 aliphatic heterocycles. The van der Waals surface area contributed by atoms with E-state index in [4.69, 9.17) is 28.5 Å². The van der Waals surface area contributed by atoms with E-state index in [1.807, 2.05) is 13.0 Å². The van der Waals surface area contributed by atoms with Crippen LogP contribution in [-0.2, 0) is 0 Å². The molecular formula is C12H10Cl2FN. The molecule has 1 aromatic carbocycles. The van der Waals surface area contributed by atoms with Gasteiger partial charge in [0.1, 0.15) is 5.82 Å². The van der Waals surface area contributed by atoms with Gasteiger partial charge in [-0.3, -0.25) is 0 Å². The minimum Gasteiger partial charge on any atom is -0.205 e. The summed E-state index contributed by atoms with van der Waals surface area (Å²) >= 11 is 11.7. The first-order valence-corrected chi connectivity index (χ1v) is 5.60. The number of nitrogens with zero attached hydrogens (tertiary/aromatic N) is 1. The highest BCUT2D eigenvalue weighted by Crippen LogP contribution is 2.28. The molecule has 0 amide bonds. The van der Waals surface area contributed by atoms with Crippen LogP contribution >= 0.6 is 23.2 Å². The third-order valence-electron chi connectivity index (χ3n) is 2.07. The summed E-state index contributed by atoms with van der Waals surface area (Å²) in [6.07, 6.45) is 1.43. The van der Waals surface area contributed by atoms with Gasteiger partial charge in [0.15, 0.2) is 0 Å². The lowest BCUT2D eigenvalue weighted by Crippen LogP contribution is -1.87. The molecule has 0 heterocycles. The van der Waals surface area contributed by atoms with E-state index in [0.717, 1.165) is 6.42 Å². The molecule has 0 saturated heterocycles. The topological polar surface area (TPSA) is 23.8 Å². The van der Waals surface area contributed by atoms with Crippen LogP contribution in [0.4, 0.5) is 4.39 Å². The molecule has 0 unspecified atom stereocenters. The average molecular weight is 258 g/mol. The summed E-state index contributed by atoms with van der Waals surface area (Å²) in [5, 5.41) is 9.26. The highest BCUT2D eigenvalue weighted by molar-refractivity contribution is 6.49. The molecule has 0 saturated carbocycles. The van der Waals surface area contributed by atoms with Gasteiger partial charge in [-0.05, 0) is 24.1 Å². The first kappa shape index (κ1) is 13.0. The minimum atomic E-state index is -0.496. The Bertz CT molecular complexity index is 461. The fraction of sp³-hybridized carbons (Fsp3) is 0.250. The van der Waals surface area contributed by atoms with Gasteiger partial charge >= 0.3 is 0 Å². The maximum Gasteiger partial charge on any atom is 0.141 e. The van der Waals surface area contributed by atoms with Crippen LogP contribution in [0, 0.1) is 17.1 Å². The lowest BCUT2D eigenvalue weighted by atomic mass is 10.1. The number of rotatable bonds is 3. The number of nitriles is 1. The SMILES string of the molecule is CCC/C(C#N)=C(/Cl)c1ccc(F)c(Cl)c1. The van der Waals surface area contributed by atoms with Gasteiger partial charge in [-0.25, -0.2) is 4.39 Å². The normalized spacial score (nSPS) is 11.9. The average Bonchev–Trinajstić information content (AvgIpc) is 2.28. The molecule has 0 aromatic heterocycles. The molecule has 1 aromatic rings. The van der Waals surface area contributed by atoms with Crippen LogP contribution in [0.5, 0.6) is 0 Å². The molecule has 0 bridgehead atoms. The predicted octanol–water partition coefficient (Wildman–Crippen LogP) is 4.75. The second-order valence-corrected chi connectivity index (χ2v) is 4.07. The van der Waals surface area contributed by atoms with Crippen LogP contribution in [0.15, 0.2) is 23.8 Å². The zero-order valence-electron chi connectivity index (χ0n) is 8.73. The largest absolute Gasteiger partial charge is 0.205 e. The zero-order valence-corrected chi connectivity index (χ0v) is 10.2. The van der Waals surface area contributed by atoms with Crippen LogP contribution in [0.3, 0.4) is 0 Å². The van der Waals surface area contributed by atoms with Gasteiger partial charge in [0.05, 0.1) is 16.1 Å². The number of hydrogen-bond acceptors (Lipinski definition) is 1. The van der Waals surface area contributed by atoms with E-state index in [0.29, 0.717) is 22.6 Å². The first-order valence-electron chi connectivity index (χ1n) is 4.84. The molecular weight excluding hydrogens is 248 g/mol. The van der Waals surface area contributed by atoms with Crippen molar-refractivity contribution in [3.8, 4) is 6.07 Å². The Hall–Kier alpha value is -1.04. The van der Waals surface area contributed by atoms with E-state index >= 15 is 0 Å². The Balaban J connectivity index is 3.17. The standard InChI is InChI=1S/C12H10Cl2FN/c1-2-3-9(7-16)12(14)8-4-5-11(15)10(13)6-8/h4-6H,2-3H2,1H3/b12-9-. The number of allylic oxidation sites excluding steroid dienone is 1. The maximum absolute atomic E-state index is 12.9. The van der Waals surface area contributed by atoms with Crippen LogP contribution in [0.2, 0.25) is 5.02 Å². The first-order chi connectivity index (χ1) is 7.60. The maximum atomic E-state index is 12.9. The number of hydrogen-bond donors (Lipinski definition) is 0. The van der Waals surface area contributed by atoms with Gasteiger partial charge in [-0.2, -0.15) is 5.26 Å². The molecule has 0 N–H and O–H groups in total. The van der Waals surface area contributed by atoms with Crippen molar-refractivity contribution >= 4 is 28.2 Å². The Morgan fingerprint density at radius 2 is 2.19 bits per heavy atom. The molecule has 0 atom stereocenters. The van der Waals surface area contributed by atoms with Crippen molar-refractivity contribution in [3.05, 3.63) is 40.2 Å². The Kier molecular flexibility index (Phi) is 4.79. The van der Waals surface area contributed by atoms with E-state index in [-0.39, 0.29) is 5.02 Å². The fourth-order valence-electron chi connectivity index (χ4n) is 1.27. The number of halogens is 3. The summed E-state index contributed by atoms with van der Waals surface area (Å²) in [4.78, 5) is 0. The molecule has 0 spiro atoms. The molecule has 84 valence electrons. The minimum absolute atomic E-state index is 0.00411. The van der Waals surface area contributed by atoms with Crippen molar-refractivity contribution in [2.75, 3.05) is 0 Å². The number of benzene rings is 1. The highest BCUT2D eigenvalue weighted by atomic mass is 35.5. The third kappa shape index (κ3) is 2.98.